The maximum absolute atomic E-state index is 12.0. The van der Waals surface area contributed by atoms with Gasteiger partial charge in [-0.2, -0.15) is 4.98 Å². The number of sulfonamides is 1. The summed E-state index contributed by atoms with van der Waals surface area (Å²) in [5.41, 5.74) is 4.71. The largest absolute Gasteiger partial charge is 0.574 e. The lowest BCUT2D eigenvalue weighted by atomic mass is 10.4. The standard InChI is InChI=1S/C7H8F3N3O4S/c1-16-6-5(18(12,14)15)3(11)2-4(13-6)17-7(8,9)10/h2H,1H3,(H2,11,13)(H2,12,14,15). The molecule has 11 heteroatoms. The van der Waals surface area contributed by atoms with E-state index < -0.39 is 38.7 Å². The maximum atomic E-state index is 12.0. The summed E-state index contributed by atoms with van der Waals surface area (Å²) in [5.74, 6) is -1.64. The number of hydrogen-bond donors (Lipinski definition) is 2. The summed E-state index contributed by atoms with van der Waals surface area (Å²) in [6.45, 7) is 0. The van der Waals surface area contributed by atoms with Crippen LogP contribution >= 0.6 is 0 Å². The molecule has 1 heterocycles. The van der Waals surface area contributed by atoms with Gasteiger partial charge in [0, 0.05) is 6.07 Å². The zero-order chi connectivity index (χ0) is 14.1. The first-order valence-corrected chi connectivity index (χ1v) is 5.72. The molecular weight excluding hydrogens is 279 g/mol. The minimum absolute atomic E-state index is 0.566. The second-order valence-corrected chi connectivity index (χ2v) is 4.48. The molecule has 0 aliphatic carbocycles. The van der Waals surface area contributed by atoms with E-state index in [1.54, 1.807) is 0 Å². The van der Waals surface area contributed by atoms with Crippen molar-refractivity contribution in [2.75, 3.05) is 12.8 Å². The normalized spacial score (nSPS) is 12.3. The van der Waals surface area contributed by atoms with Crippen molar-refractivity contribution in [1.82, 2.24) is 4.98 Å². The van der Waals surface area contributed by atoms with Gasteiger partial charge in [0.05, 0.1) is 12.8 Å². The van der Waals surface area contributed by atoms with Crippen LogP contribution in [0.3, 0.4) is 0 Å². The highest BCUT2D eigenvalue weighted by molar-refractivity contribution is 7.89. The van der Waals surface area contributed by atoms with Crippen molar-refractivity contribution in [3.8, 4) is 11.8 Å². The molecule has 1 aromatic heterocycles. The van der Waals surface area contributed by atoms with Crippen molar-refractivity contribution in [2.24, 2.45) is 5.14 Å². The van der Waals surface area contributed by atoms with E-state index in [0.29, 0.717) is 6.07 Å². The third-order valence-electron chi connectivity index (χ3n) is 1.65. The van der Waals surface area contributed by atoms with Crippen LogP contribution in [0.25, 0.3) is 0 Å². The number of nitrogens with zero attached hydrogens (tertiary/aromatic N) is 1. The van der Waals surface area contributed by atoms with E-state index in [1.165, 1.54) is 0 Å². The second-order valence-electron chi connectivity index (χ2n) is 2.98. The Morgan fingerprint density at radius 1 is 1.39 bits per heavy atom. The SMILES string of the molecule is COc1nc(OC(F)(F)F)cc(N)c1S(N)(=O)=O. The number of methoxy groups -OCH3 is 1. The fraction of sp³-hybridized carbons (Fsp3) is 0.286. The van der Waals surface area contributed by atoms with Gasteiger partial charge in [-0.05, 0) is 0 Å². The Labute approximate surface area is 99.5 Å². The van der Waals surface area contributed by atoms with Gasteiger partial charge in [0.15, 0.2) is 4.90 Å². The van der Waals surface area contributed by atoms with Crippen LogP contribution in [0.2, 0.25) is 0 Å². The first-order chi connectivity index (χ1) is 8.04. The maximum Gasteiger partial charge on any atom is 0.574 e. The Morgan fingerprint density at radius 3 is 2.33 bits per heavy atom. The number of rotatable bonds is 3. The van der Waals surface area contributed by atoms with E-state index in [1.807, 2.05) is 0 Å². The molecule has 0 amide bonds. The van der Waals surface area contributed by atoms with Crippen molar-refractivity contribution in [2.45, 2.75) is 11.3 Å². The van der Waals surface area contributed by atoms with Crippen LogP contribution in [-0.4, -0.2) is 26.9 Å². The Balaban J connectivity index is 3.37. The molecule has 4 N–H and O–H groups in total. The summed E-state index contributed by atoms with van der Waals surface area (Å²) >= 11 is 0. The van der Waals surface area contributed by atoms with Crippen LogP contribution in [0, 0.1) is 0 Å². The molecular formula is C7H8F3N3O4S. The summed E-state index contributed by atoms with van der Waals surface area (Å²) < 4.78 is 66.2. The molecule has 0 spiro atoms. The number of hydrogen-bond acceptors (Lipinski definition) is 6. The van der Waals surface area contributed by atoms with Crippen LogP contribution in [0.5, 0.6) is 11.8 Å². The van der Waals surface area contributed by atoms with E-state index in [4.69, 9.17) is 10.9 Å². The molecule has 1 rings (SSSR count). The number of aromatic nitrogens is 1. The minimum Gasteiger partial charge on any atom is -0.480 e. The lowest BCUT2D eigenvalue weighted by Gasteiger charge is -2.12. The number of ether oxygens (including phenoxy) is 2. The fourth-order valence-electron chi connectivity index (χ4n) is 1.10. The summed E-state index contributed by atoms with van der Waals surface area (Å²) in [5, 5.41) is 4.82. The van der Waals surface area contributed by atoms with Crippen molar-refractivity contribution in [1.29, 1.82) is 0 Å². The Bertz CT molecular complexity index is 558. The fourth-order valence-corrected chi connectivity index (χ4v) is 1.86. The number of primary sulfonamides is 1. The van der Waals surface area contributed by atoms with Crippen molar-refractivity contribution < 1.29 is 31.1 Å². The highest BCUT2D eigenvalue weighted by Crippen LogP contribution is 2.32. The molecule has 0 fully saturated rings. The summed E-state index contributed by atoms with van der Waals surface area (Å²) in [7, 11) is -3.29. The molecule has 102 valence electrons. The predicted octanol–water partition coefficient (Wildman–Crippen LogP) is 0.218. The van der Waals surface area contributed by atoms with Gasteiger partial charge in [-0.1, -0.05) is 0 Å². The number of alkyl halides is 3. The van der Waals surface area contributed by atoms with Gasteiger partial charge < -0.3 is 15.2 Å². The number of halogens is 3. The third-order valence-corrected chi connectivity index (χ3v) is 2.62. The van der Waals surface area contributed by atoms with Gasteiger partial charge in [0.25, 0.3) is 0 Å². The molecule has 7 nitrogen and oxygen atoms in total. The Hall–Kier alpha value is -1.75. The molecule has 0 saturated heterocycles. The smallest absolute Gasteiger partial charge is 0.480 e. The van der Waals surface area contributed by atoms with Crippen LogP contribution in [-0.2, 0) is 10.0 Å². The first-order valence-electron chi connectivity index (χ1n) is 4.17. The highest BCUT2D eigenvalue weighted by atomic mass is 32.2. The zero-order valence-electron chi connectivity index (χ0n) is 8.85. The molecule has 0 aliphatic rings. The molecule has 0 saturated carbocycles. The average molecular weight is 287 g/mol. The van der Waals surface area contributed by atoms with E-state index in [2.05, 4.69) is 14.5 Å². The monoisotopic (exact) mass is 287 g/mol. The van der Waals surface area contributed by atoms with Gasteiger partial charge in [-0.15, -0.1) is 13.2 Å². The Kier molecular flexibility index (Phi) is 3.57. The molecule has 0 aliphatic heterocycles. The molecule has 0 bridgehead atoms. The molecule has 1 aromatic rings. The first kappa shape index (κ1) is 14.3. The highest BCUT2D eigenvalue weighted by Gasteiger charge is 2.33. The molecule has 0 atom stereocenters. The van der Waals surface area contributed by atoms with E-state index >= 15 is 0 Å². The summed E-state index contributed by atoms with van der Waals surface area (Å²) in [4.78, 5) is 2.49. The van der Waals surface area contributed by atoms with Crippen LogP contribution in [0.1, 0.15) is 0 Å². The third kappa shape index (κ3) is 3.37. The van der Waals surface area contributed by atoms with Gasteiger partial charge in [-0.25, -0.2) is 13.6 Å². The van der Waals surface area contributed by atoms with Gasteiger partial charge in [0.2, 0.25) is 21.8 Å². The molecule has 0 aromatic carbocycles. The van der Waals surface area contributed by atoms with E-state index in [0.717, 1.165) is 7.11 Å². The lowest BCUT2D eigenvalue weighted by Crippen LogP contribution is -2.20. The minimum atomic E-state index is -4.99. The zero-order valence-corrected chi connectivity index (χ0v) is 9.67. The van der Waals surface area contributed by atoms with Gasteiger partial charge >= 0.3 is 6.36 Å². The van der Waals surface area contributed by atoms with Crippen molar-refractivity contribution in [3.63, 3.8) is 0 Å². The van der Waals surface area contributed by atoms with Crippen molar-refractivity contribution >= 4 is 15.7 Å². The molecule has 18 heavy (non-hydrogen) atoms. The summed E-state index contributed by atoms with van der Waals surface area (Å²) in [6, 6.07) is 0.579. The van der Waals surface area contributed by atoms with Gasteiger partial charge in [0.1, 0.15) is 0 Å². The van der Waals surface area contributed by atoms with Gasteiger partial charge in [-0.3, -0.25) is 0 Å². The second kappa shape index (κ2) is 4.49. The number of pyridine rings is 1. The van der Waals surface area contributed by atoms with Crippen LogP contribution in [0.15, 0.2) is 11.0 Å². The topological polar surface area (TPSA) is 118 Å². The van der Waals surface area contributed by atoms with E-state index in [-0.39, 0.29) is 0 Å². The number of anilines is 1. The van der Waals surface area contributed by atoms with Crippen LogP contribution in [0.4, 0.5) is 18.9 Å². The van der Waals surface area contributed by atoms with E-state index in [9.17, 15) is 21.6 Å². The number of nitrogens with two attached hydrogens (primary N) is 2. The quantitative estimate of drug-likeness (QED) is 0.821. The lowest BCUT2D eigenvalue weighted by molar-refractivity contribution is -0.276. The number of nitrogen functional groups attached to an aromatic ring is 1. The van der Waals surface area contributed by atoms with Crippen molar-refractivity contribution in [3.05, 3.63) is 6.07 Å². The molecule has 0 unspecified atom stereocenters. The van der Waals surface area contributed by atoms with Crippen LogP contribution < -0.4 is 20.3 Å². The molecule has 0 radical (unpaired) electrons. The Morgan fingerprint density at radius 2 is 1.94 bits per heavy atom. The summed E-state index contributed by atoms with van der Waals surface area (Å²) in [6.07, 6.45) is -4.99. The average Bonchev–Trinajstić information content (AvgIpc) is 2.11. The predicted molar refractivity (Wildman–Crippen MR) is 53.3 cm³/mol.